The predicted molar refractivity (Wildman–Crippen MR) is 59.6 cm³/mol. The SMILES string of the molecule is CC(C)(C)NC(N)=NCc1nc(C(F)(F)F)n[nH]1. The minimum Gasteiger partial charge on any atom is -0.370 e. The number of alkyl halides is 3. The molecule has 0 aliphatic heterocycles. The van der Waals surface area contributed by atoms with Gasteiger partial charge in [-0.15, -0.1) is 5.10 Å². The molecule has 18 heavy (non-hydrogen) atoms. The summed E-state index contributed by atoms with van der Waals surface area (Å²) in [5, 5.41) is 8.08. The highest BCUT2D eigenvalue weighted by Crippen LogP contribution is 2.25. The zero-order valence-corrected chi connectivity index (χ0v) is 10.3. The Kier molecular flexibility index (Phi) is 3.82. The maximum Gasteiger partial charge on any atom is 0.453 e. The third kappa shape index (κ3) is 4.60. The van der Waals surface area contributed by atoms with Gasteiger partial charge in [-0.2, -0.15) is 13.2 Å². The summed E-state index contributed by atoms with van der Waals surface area (Å²) in [7, 11) is 0. The van der Waals surface area contributed by atoms with E-state index in [1.54, 1.807) is 0 Å². The van der Waals surface area contributed by atoms with Crippen molar-refractivity contribution in [1.29, 1.82) is 0 Å². The summed E-state index contributed by atoms with van der Waals surface area (Å²) in [4.78, 5) is 7.13. The molecule has 1 aromatic rings. The van der Waals surface area contributed by atoms with Gasteiger partial charge in [0.25, 0.3) is 5.82 Å². The molecular formula is C9H15F3N6. The van der Waals surface area contributed by atoms with E-state index in [1.165, 1.54) is 0 Å². The van der Waals surface area contributed by atoms with Crippen molar-refractivity contribution in [2.45, 2.75) is 39.0 Å². The van der Waals surface area contributed by atoms with E-state index < -0.39 is 12.0 Å². The van der Waals surface area contributed by atoms with Gasteiger partial charge in [-0.25, -0.2) is 9.98 Å². The zero-order valence-electron chi connectivity index (χ0n) is 10.3. The van der Waals surface area contributed by atoms with Crippen LogP contribution in [0.25, 0.3) is 0 Å². The number of aromatic nitrogens is 3. The molecular weight excluding hydrogens is 249 g/mol. The van der Waals surface area contributed by atoms with Crippen LogP contribution in [0.3, 0.4) is 0 Å². The summed E-state index contributed by atoms with van der Waals surface area (Å²) in [5.74, 6) is -1.08. The van der Waals surface area contributed by atoms with Gasteiger partial charge in [-0.1, -0.05) is 0 Å². The standard InChI is InChI=1S/C9H15F3N6/c1-8(2,3)16-7(13)14-4-5-15-6(18-17-5)9(10,11)12/h4H2,1-3H3,(H3,13,14,16)(H,15,17,18). The molecule has 0 atom stereocenters. The van der Waals surface area contributed by atoms with E-state index in [1.807, 2.05) is 20.8 Å². The largest absolute Gasteiger partial charge is 0.453 e. The molecule has 0 fully saturated rings. The first-order valence-electron chi connectivity index (χ1n) is 5.14. The number of nitrogens with one attached hydrogen (secondary N) is 2. The summed E-state index contributed by atoms with van der Waals surface area (Å²) >= 11 is 0. The summed E-state index contributed by atoms with van der Waals surface area (Å²) in [6.45, 7) is 5.54. The second-order valence-electron chi connectivity index (χ2n) is 4.68. The van der Waals surface area contributed by atoms with E-state index in [9.17, 15) is 13.2 Å². The Morgan fingerprint density at radius 2 is 2.00 bits per heavy atom. The summed E-state index contributed by atoms with van der Waals surface area (Å²) < 4.78 is 36.6. The third-order valence-electron chi connectivity index (χ3n) is 1.69. The molecule has 0 aliphatic rings. The Morgan fingerprint density at radius 1 is 1.39 bits per heavy atom. The van der Waals surface area contributed by atoms with E-state index in [0.717, 1.165) is 0 Å². The minimum absolute atomic E-state index is 0.000911. The van der Waals surface area contributed by atoms with Crippen LogP contribution in [0.4, 0.5) is 13.2 Å². The van der Waals surface area contributed by atoms with Crippen molar-refractivity contribution in [2.75, 3.05) is 0 Å². The van der Waals surface area contributed by atoms with Gasteiger partial charge in [0, 0.05) is 5.54 Å². The fourth-order valence-corrected chi connectivity index (χ4v) is 1.08. The van der Waals surface area contributed by atoms with E-state index in [0.29, 0.717) is 0 Å². The van der Waals surface area contributed by atoms with Gasteiger partial charge in [0.1, 0.15) is 12.4 Å². The minimum atomic E-state index is -4.56. The number of rotatable bonds is 2. The van der Waals surface area contributed by atoms with Crippen molar-refractivity contribution in [3.63, 3.8) is 0 Å². The summed E-state index contributed by atoms with van der Waals surface area (Å²) in [6, 6.07) is 0. The summed E-state index contributed by atoms with van der Waals surface area (Å²) in [6.07, 6.45) is -4.56. The van der Waals surface area contributed by atoms with E-state index in [4.69, 9.17) is 5.73 Å². The molecule has 4 N–H and O–H groups in total. The number of aliphatic imine (C=N–C) groups is 1. The molecule has 9 heteroatoms. The highest BCUT2D eigenvalue weighted by molar-refractivity contribution is 5.78. The molecule has 0 saturated heterocycles. The summed E-state index contributed by atoms with van der Waals surface area (Å²) in [5.41, 5.74) is 5.28. The van der Waals surface area contributed by atoms with Crippen LogP contribution >= 0.6 is 0 Å². The average molecular weight is 264 g/mol. The lowest BCUT2D eigenvalue weighted by Gasteiger charge is -2.20. The topological polar surface area (TPSA) is 92.0 Å². The molecule has 0 aromatic carbocycles. The number of hydrogen-bond acceptors (Lipinski definition) is 3. The van der Waals surface area contributed by atoms with Crippen LogP contribution in [0, 0.1) is 0 Å². The van der Waals surface area contributed by atoms with E-state index >= 15 is 0 Å². The van der Waals surface area contributed by atoms with Crippen LogP contribution in [-0.4, -0.2) is 26.7 Å². The van der Waals surface area contributed by atoms with Gasteiger partial charge < -0.3 is 11.1 Å². The molecule has 0 radical (unpaired) electrons. The number of nitrogens with zero attached hydrogens (tertiary/aromatic N) is 3. The number of hydrogen-bond donors (Lipinski definition) is 3. The van der Waals surface area contributed by atoms with Crippen LogP contribution in [0.2, 0.25) is 0 Å². The number of aromatic amines is 1. The molecule has 0 saturated carbocycles. The van der Waals surface area contributed by atoms with Crippen LogP contribution < -0.4 is 11.1 Å². The number of guanidine groups is 1. The van der Waals surface area contributed by atoms with Crippen molar-refractivity contribution in [3.05, 3.63) is 11.6 Å². The molecule has 0 unspecified atom stereocenters. The monoisotopic (exact) mass is 264 g/mol. The third-order valence-corrected chi connectivity index (χ3v) is 1.69. The first-order valence-corrected chi connectivity index (χ1v) is 5.14. The number of halogens is 3. The fourth-order valence-electron chi connectivity index (χ4n) is 1.08. The Balaban J connectivity index is 2.64. The lowest BCUT2D eigenvalue weighted by atomic mass is 10.1. The van der Waals surface area contributed by atoms with Crippen molar-refractivity contribution in [3.8, 4) is 0 Å². The second kappa shape index (κ2) is 4.83. The van der Waals surface area contributed by atoms with Crippen molar-refractivity contribution < 1.29 is 13.2 Å². The highest BCUT2D eigenvalue weighted by Gasteiger charge is 2.35. The molecule has 102 valence electrons. The second-order valence-corrected chi connectivity index (χ2v) is 4.68. The first-order chi connectivity index (χ1) is 8.08. The molecule has 0 bridgehead atoms. The fraction of sp³-hybridized carbons (Fsp3) is 0.667. The number of nitrogens with two attached hydrogens (primary N) is 1. The zero-order chi connectivity index (χ0) is 14.0. The van der Waals surface area contributed by atoms with Crippen molar-refractivity contribution in [2.24, 2.45) is 10.7 Å². The lowest BCUT2D eigenvalue weighted by molar-refractivity contribution is -0.144. The van der Waals surface area contributed by atoms with Gasteiger partial charge in [0.2, 0.25) is 0 Å². The lowest BCUT2D eigenvalue weighted by Crippen LogP contribution is -2.45. The first kappa shape index (κ1) is 14.3. The molecule has 0 spiro atoms. The molecule has 0 aliphatic carbocycles. The van der Waals surface area contributed by atoms with E-state index in [-0.39, 0.29) is 23.9 Å². The molecule has 1 heterocycles. The van der Waals surface area contributed by atoms with Gasteiger partial charge >= 0.3 is 6.18 Å². The molecule has 6 nitrogen and oxygen atoms in total. The van der Waals surface area contributed by atoms with Crippen molar-refractivity contribution in [1.82, 2.24) is 20.5 Å². The van der Waals surface area contributed by atoms with Gasteiger partial charge in [0.05, 0.1) is 0 Å². The number of H-pyrrole nitrogens is 1. The van der Waals surface area contributed by atoms with Crippen LogP contribution in [0.15, 0.2) is 4.99 Å². The Bertz CT molecular complexity index is 428. The van der Waals surface area contributed by atoms with Crippen molar-refractivity contribution >= 4 is 5.96 Å². The van der Waals surface area contributed by atoms with Crippen LogP contribution in [0.1, 0.15) is 32.4 Å². The maximum atomic E-state index is 12.2. The Hall–Kier alpha value is -1.80. The predicted octanol–water partition coefficient (Wildman–Crippen LogP) is 1.03. The van der Waals surface area contributed by atoms with Gasteiger partial charge in [-0.3, -0.25) is 5.10 Å². The Labute approximate surface area is 102 Å². The molecule has 1 aromatic heterocycles. The van der Waals surface area contributed by atoms with Gasteiger partial charge in [-0.05, 0) is 20.8 Å². The van der Waals surface area contributed by atoms with Gasteiger partial charge in [0.15, 0.2) is 5.96 Å². The quantitative estimate of drug-likeness (QED) is 0.549. The van der Waals surface area contributed by atoms with E-state index in [2.05, 4.69) is 25.5 Å². The Morgan fingerprint density at radius 3 is 2.44 bits per heavy atom. The average Bonchev–Trinajstić information content (AvgIpc) is 2.59. The molecule has 1 rings (SSSR count). The maximum absolute atomic E-state index is 12.2. The van der Waals surface area contributed by atoms with Crippen LogP contribution in [0.5, 0.6) is 0 Å². The molecule has 0 amide bonds. The van der Waals surface area contributed by atoms with Crippen LogP contribution in [-0.2, 0) is 12.7 Å². The normalized spacial score (nSPS) is 13.8. The smallest absolute Gasteiger partial charge is 0.370 e. The highest BCUT2D eigenvalue weighted by atomic mass is 19.4.